The van der Waals surface area contributed by atoms with Gasteiger partial charge in [0.15, 0.2) is 0 Å². The molecule has 0 saturated heterocycles. The molecule has 0 aliphatic heterocycles. The topological polar surface area (TPSA) is 72.9 Å². The van der Waals surface area contributed by atoms with Crippen LogP contribution in [0.3, 0.4) is 0 Å². The molecule has 0 aliphatic rings. The van der Waals surface area contributed by atoms with Gasteiger partial charge in [-0.3, -0.25) is 9.48 Å². The molecule has 0 bridgehead atoms. The van der Waals surface area contributed by atoms with E-state index in [0.717, 1.165) is 11.4 Å². The summed E-state index contributed by atoms with van der Waals surface area (Å²) in [6.07, 6.45) is 5.32. The number of nitrogens with two attached hydrogens (primary N) is 1. The van der Waals surface area contributed by atoms with Gasteiger partial charge in [0.1, 0.15) is 0 Å². The van der Waals surface area contributed by atoms with Crippen LogP contribution < -0.4 is 11.1 Å². The minimum Gasteiger partial charge on any atom is -0.322 e. The summed E-state index contributed by atoms with van der Waals surface area (Å²) in [7, 11) is 1.82. The van der Waals surface area contributed by atoms with Gasteiger partial charge in [0.2, 0.25) is 5.91 Å². The molecule has 0 aliphatic carbocycles. The van der Waals surface area contributed by atoms with Gasteiger partial charge in [-0.15, -0.1) is 12.3 Å². The van der Waals surface area contributed by atoms with Gasteiger partial charge < -0.3 is 11.1 Å². The first-order chi connectivity index (χ1) is 7.47. The third-order valence-corrected chi connectivity index (χ3v) is 2.43. The number of carbonyl (C=O) groups excluding carboxylic acids is 1. The summed E-state index contributed by atoms with van der Waals surface area (Å²) in [5.74, 6) is 2.08. The van der Waals surface area contributed by atoms with E-state index in [1.54, 1.807) is 4.68 Å². The van der Waals surface area contributed by atoms with Gasteiger partial charge in [-0.2, -0.15) is 5.10 Å². The highest BCUT2D eigenvalue weighted by atomic mass is 16.2. The fourth-order valence-electron chi connectivity index (χ4n) is 1.39. The maximum absolute atomic E-state index is 11.6. The van der Waals surface area contributed by atoms with Crippen LogP contribution in [0.15, 0.2) is 0 Å². The number of terminal acetylenes is 1. The fourth-order valence-corrected chi connectivity index (χ4v) is 1.39. The van der Waals surface area contributed by atoms with Crippen LogP contribution in [-0.4, -0.2) is 21.7 Å². The van der Waals surface area contributed by atoms with Gasteiger partial charge in [-0.05, 0) is 13.8 Å². The molecule has 1 aromatic rings. The Kier molecular flexibility index (Phi) is 3.69. The molecule has 86 valence electrons. The van der Waals surface area contributed by atoms with E-state index in [1.165, 1.54) is 0 Å². The summed E-state index contributed by atoms with van der Waals surface area (Å²) in [6, 6.07) is -0.677. The molecule has 1 unspecified atom stereocenters. The predicted octanol–water partition coefficient (Wildman–Crippen LogP) is 0.326. The molecule has 1 rings (SSSR count). The van der Waals surface area contributed by atoms with E-state index in [9.17, 15) is 4.79 Å². The van der Waals surface area contributed by atoms with E-state index in [1.807, 2.05) is 20.9 Å². The van der Waals surface area contributed by atoms with Crippen molar-refractivity contribution in [1.82, 2.24) is 9.78 Å². The zero-order valence-corrected chi connectivity index (χ0v) is 9.74. The Labute approximate surface area is 95.0 Å². The third-order valence-electron chi connectivity index (χ3n) is 2.43. The van der Waals surface area contributed by atoms with Crippen LogP contribution in [-0.2, 0) is 11.8 Å². The quantitative estimate of drug-likeness (QED) is 0.721. The number of aromatic nitrogens is 2. The molecule has 0 spiro atoms. The molecule has 5 heteroatoms. The molecular formula is C11H16N4O. The molecule has 1 atom stereocenters. The molecule has 16 heavy (non-hydrogen) atoms. The lowest BCUT2D eigenvalue weighted by atomic mass is 10.2. The zero-order valence-electron chi connectivity index (χ0n) is 9.74. The molecule has 1 amide bonds. The molecule has 0 aromatic carbocycles. The second kappa shape index (κ2) is 4.81. The number of amides is 1. The number of rotatable bonds is 3. The Balaban J connectivity index is 2.81. The van der Waals surface area contributed by atoms with Crippen molar-refractivity contribution in [3.05, 3.63) is 11.4 Å². The highest BCUT2D eigenvalue weighted by molar-refractivity contribution is 5.95. The number of nitrogens with one attached hydrogen (secondary N) is 1. The molecular weight excluding hydrogens is 204 g/mol. The van der Waals surface area contributed by atoms with E-state index in [2.05, 4.69) is 16.3 Å². The van der Waals surface area contributed by atoms with Crippen LogP contribution >= 0.6 is 0 Å². The van der Waals surface area contributed by atoms with Crippen molar-refractivity contribution in [2.24, 2.45) is 12.8 Å². The summed E-state index contributed by atoms with van der Waals surface area (Å²) in [6.45, 7) is 3.71. The van der Waals surface area contributed by atoms with Gasteiger partial charge in [-0.1, -0.05) is 0 Å². The average molecular weight is 220 g/mol. The number of carbonyl (C=O) groups is 1. The van der Waals surface area contributed by atoms with Crippen molar-refractivity contribution in [1.29, 1.82) is 0 Å². The van der Waals surface area contributed by atoms with E-state index in [-0.39, 0.29) is 12.3 Å². The lowest BCUT2D eigenvalue weighted by Gasteiger charge is -2.09. The summed E-state index contributed by atoms with van der Waals surface area (Å²) in [5, 5.41) is 6.93. The first-order valence-corrected chi connectivity index (χ1v) is 4.97. The average Bonchev–Trinajstić information content (AvgIpc) is 2.45. The molecule has 1 aromatic heterocycles. The maximum Gasteiger partial charge on any atom is 0.242 e. The first kappa shape index (κ1) is 12.3. The van der Waals surface area contributed by atoms with Crippen molar-refractivity contribution >= 4 is 11.6 Å². The van der Waals surface area contributed by atoms with Crippen molar-refractivity contribution in [3.63, 3.8) is 0 Å². The summed E-state index contributed by atoms with van der Waals surface area (Å²) in [4.78, 5) is 11.6. The Bertz CT molecular complexity index is 442. The number of nitrogens with zero attached hydrogens (tertiary/aromatic N) is 2. The minimum atomic E-state index is -0.677. The van der Waals surface area contributed by atoms with E-state index in [0.29, 0.717) is 5.69 Å². The minimum absolute atomic E-state index is 0.226. The fraction of sp³-hybridized carbons (Fsp3) is 0.455. The van der Waals surface area contributed by atoms with Gasteiger partial charge in [0, 0.05) is 13.5 Å². The Morgan fingerprint density at radius 2 is 2.31 bits per heavy atom. The van der Waals surface area contributed by atoms with Crippen LogP contribution in [0.1, 0.15) is 17.8 Å². The van der Waals surface area contributed by atoms with Crippen molar-refractivity contribution in [3.8, 4) is 12.3 Å². The normalized spacial score (nSPS) is 11.9. The van der Waals surface area contributed by atoms with Crippen LogP contribution in [0.2, 0.25) is 0 Å². The molecule has 0 fully saturated rings. The second-order valence-corrected chi connectivity index (χ2v) is 3.67. The molecule has 3 N–H and O–H groups in total. The standard InChI is InChI=1S/C11H16N4O/c1-5-6-9(12)11(16)13-10-7(2)14-15(4)8(10)3/h1,9H,6,12H2,2-4H3,(H,13,16). The lowest BCUT2D eigenvalue weighted by molar-refractivity contribution is -0.117. The summed E-state index contributed by atoms with van der Waals surface area (Å²) < 4.78 is 1.71. The van der Waals surface area contributed by atoms with Crippen molar-refractivity contribution in [2.45, 2.75) is 26.3 Å². The molecule has 0 radical (unpaired) electrons. The van der Waals surface area contributed by atoms with Crippen LogP contribution in [0.4, 0.5) is 5.69 Å². The summed E-state index contributed by atoms with van der Waals surface area (Å²) in [5.41, 5.74) is 7.96. The van der Waals surface area contributed by atoms with Gasteiger partial charge in [0.25, 0.3) is 0 Å². The van der Waals surface area contributed by atoms with Crippen LogP contribution in [0.25, 0.3) is 0 Å². The maximum atomic E-state index is 11.6. The highest BCUT2D eigenvalue weighted by Crippen LogP contribution is 2.18. The third kappa shape index (κ3) is 2.41. The number of anilines is 1. The lowest BCUT2D eigenvalue weighted by Crippen LogP contribution is -2.35. The smallest absolute Gasteiger partial charge is 0.242 e. The van der Waals surface area contributed by atoms with Crippen LogP contribution in [0, 0.1) is 26.2 Å². The number of hydrogen-bond acceptors (Lipinski definition) is 3. The second-order valence-electron chi connectivity index (χ2n) is 3.67. The number of hydrogen-bond donors (Lipinski definition) is 2. The van der Waals surface area contributed by atoms with E-state index < -0.39 is 6.04 Å². The van der Waals surface area contributed by atoms with Gasteiger partial charge in [-0.25, -0.2) is 0 Å². The van der Waals surface area contributed by atoms with Gasteiger partial charge in [0.05, 0.1) is 23.1 Å². The van der Waals surface area contributed by atoms with E-state index in [4.69, 9.17) is 12.2 Å². The van der Waals surface area contributed by atoms with Crippen LogP contribution in [0.5, 0.6) is 0 Å². The van der Waals surface area contributed by atoms with Crippen molar-refractivity contribution in [2.75, 3.05) is 5.32 Å². The first-order valence-electron chi connectivity index (χ1n) is 4.97. The SMILES string of the molecule is C#CCC(N)C(=O)Nc1c(C)nn(C)c1C. The van der Waals surface area contributed by atoms with Crippen molar-refractivity contribution < 1.29 is 4.79 Å². The largest absolute Gasteiger partial charge is 0.322 e. The Hall–Kier alpha value is -1.80. The number of aryl methyl sites for hydroxylation is 2. The molecule has 5 nitrogen and oxygen atoms in total. The summed E-state index contributed by atoms with van der Waals surface area (Å²) >= 11 is 0. The van der Waals surface area contributed by atoms with Gasteiger partial charge >= 0.3 is 0 Å². The van der Waals surface area contributed by atoms with E-state index >= 15 is 0 Å². The Morgan fingerprint density at radius 3 is 2.75 bits per heavy atom. The molecule has 1 heterocycles. The highest BCUT2D eigenvalue weighted by Gasteiger charge is 2.16. The Morgan fingerprint density at radius 1 is 1.69 bits per heavy atom. The monoisotopic (exact) mass is 220 g/mol. The zero-order chi connectivity index (χ0) is 12.3. The predicted molar refractivity (Wildman–Crippen MR) is 62.7 cm³/mol. The molecule has 0 saturated carbocycles.